The largest absolute Gasteiger partial charge is 0.756 e. The topological polar surface area (TPSA) is 356 Å². The molecule has 0 amide bonds. The second-order valence-corrected chi connectivity index (χ2v) is 10.8. The standard InChI is InChI=1S/C10H15N8O14P3/c11-9-14-6-3(7(21)15-9)13-2-18(6)8-4(19)5(20)10(30-8,16-17-12)1-29-34(25,26)32-35(27,28)31-33(22,23)24/h2,4-5,8,19-20H,1H2,(H,25,26)(H,27,28)(H2,22,23,24)(H3,11,14,15,21)/p-3/t4-,5+,8-,10-/m1/s1. The molecule has 35 heavy (non-hydrogen) atoms. The van der Waals surface area contributed by atoms with Crippen molar-refractivity contribution in [1.82, 2.24) is 19.5 Å². The van der Waals surface area contributed by atoms with E-state index < -0.39 is 59.8 Å². The molecular formula is C10H12N8O14P3-3. The van der Waals surface area contributed by atoms with Gasteiger partial charge in [0.05, 0.1) is 12.9 Å². The molecule has 1 saturated heterocycles. The van der Waals surface area contributed by atoms with E-state index in [9.17, 15) is 43.4 Å². The van der Waals surface area contributed by atoms with Gasteiger partial charge in [0.1, 0.15) is 12.2 Å². The summed E-state index contributed by atoms with van der Waals surface area (Å²) in [6, 6.07) is 0. The van der Waals surface area contributed by atoms with Crippen molar-refractivity contribution in [3.63, 3.8) is 0 Å². The Kier molecular flexibility index (Phi) is 7.28. The Hall–Kier alpha value is -2.25. The van der Waals surface area contributed by atoms with Gasteiger partial charge in [0.2, 0.25) is 11.7 Å². The lowest BCUT2D eigenvalue weighted by Gasteiger charge is -2.34. The highest BCUT2D eigenvalue weighted by atomic mass is 31.3. The number of ether oxygens (including phenoxy) is 1. The van der Waals surface area contributed by atoms with E-state index in [2.05, 4.69) is 38.1 Å². The number of rotatable bonds is 9. The van der Waals surface area contributed by atoms with Crippen LogP contribution in [0.4, 0.5) is 5.95 Å². The molecule has 0 saturated carbocycles. The molecule has 3 rings (SSSR count). The fraction of sp³-hybridized carbons (Fsp3) is 0.500. The molecule has 22 nitrogen and oxygen atoms in total. The number of nitrogens with one attached hydrogen (secondary N) is 1. The van der Waals surface area contributed by atoms with Crippen molar-refractivity contribution in [2.45, 2.75) is 24.2 Å². The Morgan fingerprint density at radius 2 is 1.97 bits per heavy atom. The molecule has 3 unspecified atom stereocenters. The minimum absolute atomic E-state index is 0.270. The van der Waals surface area contributed by atoms with Crippen LogP contribution in [0.1, 0.15) is 6.23 Å². The first kappa shape index (κ1) is 27.3. The average Bonchev–Trinajstić information content (AvgIpc) is 3.19. The zero-order valence-corrected chi connectivity index (χ0v) is 19.1. The third-order valence-electron chi connectivity index (χ3n) is 4.17. The molecule has 6 N–H and O–H groups in total. The molecular weight excluding hydrogens is 549 g/mol. The van der Waals surface area contributed by atoms with Crippen LogP contribution in [0.5, 0.6) is 0 Å². The van der Waals surface area contributed by atoms with Crippen LogP contribution in [0.2, 0.25) is 0 Å². The minimum Gasteiger partial charge on any atom is -0.756 e. The minimum atomic E-state index is -6.25. The number of aliphatic hydroxyl groups excluding tert-OH is 2. The predicted molar refractivity (Wildman–Crippen MR) is 99.7 cm³/mol. The lowest BCUT2D eigenvalue weighted by Crippen LogP contribution is -2.45. The number of aliphatic hydroxyl groups is 2. The second kappa shape index (κ2) is 9.32. The molecule has 0 aromatic carbocycles. The number of azide groups is 1. The summed E-state index contributed by atoms with van der Waals surface area (Å²) >= 11 is 0. The Morgan fingerprint density at radius 3 is 2.57 bits per heavy atom. The van der Waals surface area contributed by atoms with Crippen molar-refractivity contribution in [3.8, 4) is 0 Å². The summed E-state index contributed by atoms with van der Waals surface area (Å²) in [6.45, 7) is -1.54. The number of imidazole rings is 1. The molecule has 194 valence electrons. The summed E-state index contributed by atoms with van der Waals surface area (Å²) in [6.07, 6.45) is -5.11. The number of nitrogen functional groups attached to an aromatic ring is 1. The molecule has 1 fully saturated rings. The van der Waals surface area contributed by atoms with Crippen molar-refractivity contribution < 1.29 is 61.4 Å². The molecule has 2 aromatic heterocycles. The van der Waals surface area contributed by atoms with Crippen molar-refractivity contribution in [1.29, 1.82) is 0 Å². The van der Waals surface area contributed by atoms with E-state index in [0.717, 1.165) is 10.9 Å². The zero-order chi connectivity index (χ0) is 26.4. The zero-order valence-electron chi connectivity index (χ0n) is 16.5. The van der Waals surface area contributed by atoms with Gasteiger partial charge in [-0.1, -0.05) is 5.11 Å². The monoisotopic (exact) mass is 561 g/mol. The number of nitrogens with two attached hydrogens (primary N) is 1. The third-order valence-corrected chi connectivity index (χ3v) is 7.84. The fourth-order valence-electron chi connectivity index (χ4n) is 2.89. The van der Waals surface area contributed by atoms with E-state index in [0.29, 0.717) is 0 Å². The molecule has 1 aliphatic heterocycles. The molecule has 25 heteroatoms. The highest BCUT2D eigenvalue weighted by Gasteiger charge is 2.56. The normalized spacial score (nSPS) is 29.7. The smallest absolute Gasteiger partial charge is 0.280 e. The number of phosphoric acid groups is 3. The fourth-order valence-corrected chi connectivity index (χ4v) is 5.80. The van der Waals surface area contributed by atoms with Gasteiger partial charge in [-0.15, -0.1) is 0 Å². The van der Waals surface area contributed by atoms with Crippen LogP contribution in [0, 0.1) is 0 Å². The lowest BCUT2D eigenvalue weighted by molar-refractivity contribution is -0.251. The maximum absolute atomic E-state index is 11.9. The SMILES string of the molecule is [N-]=[N+]=N[C@]1(COP(=O)([O-])OP(=O)([O-])OP(=O)([O-])O)O[C@@H](n2cnc3c(=O)[nH]c(N)nc32)[C@H](O)[C@@H]1O. The molecule has 3 heterocycles. The molecule has 1 aliphatic rings. The highest BCUT2D eigenvalue weighted by molar-refractivity contribution is 7.65. The van der Waals surface area contributed by atoms with Gasteiger partial charge in [-0.2, -0.15) is 4.98 Å². The van der Waals surface area contributed by atoms with E-state index in [-0.39, 0.29) is 17.1 Å². The van der Waals surface area contributed by atoms with Gasteiger partial charge in [-0.3, -0.25) is 28.0 Å². The van der Waals surface area contributed by atoms with Gasteiger partial charge in [-0.25, -0.2) is 13.6 Å². The van der Waals surface area contributed by atoms with Crippen LogP contribution >= 0.6 is 23.5 Å². The third kappa shape index (κ3) is 5.95. The number of anilines is 1. The van der Waals surface area contributed by atoms with E-state index in [4.69, 9.17) is 20.9 Å². The van der Waals surface area contributed by atoms with Crippen LogP contribution in [0.25, 0.3) is 21.6 Å². The molecule has 0 aliphatic carbocycles. The molecule has 0 bridgehead atoms. The van der Waals surface area contributed by atoms with Crippen LogP contribution < -0.4 is 26.0 Å². The summed E-state index contributed by atoms with van der Waals surface area (Å²) in [5, 5.41) is 23.9. The maximum Gasteiger partial charge on any atom is 0.280 e. The van der Waals surface area contributed by atoms with Gasteiger partial charge in [0, 0.05) is 4.91 Å². The predicted octanol–water partition coefficient (Wildman–Crippen LogP) is -3.59. The number of phosphoric ester groups is 1. The second-order valence-electron chi connectivity index (χ2n) is 6.55. The molecule has 0 radical (unpaired) electrons. The molecule has 0 spiro atoms. The van der Waals surface area contributed by atoms with Crippen LogP contribution in [-0.4, -0.2) is 59.2 Å². The number of H-pyrrole nitrogens is 1. The Labute approximate surface area is 191 Å². The summed E-state index contributed by atoms with van der Waals surface area (Å²) in [5.74, 6) is -0.374. The van der Waals surface area contributed by atoms with Gasteiger partial charge < -0.3 is 44.8 Å². The van der Waals surface area contributed by atoms with Gasteiger partial charge in [0.15, 0.2) is 17.4 Å². The summed E-state index contributed by atoms with van der Waals surface area (Å²) in [4.78, 5) is 66.0. The van der Waals surface area contributed by atoms with E-state index in [1.165, 1.54) is 0 Å². The molecule has 7 atom stereocenters. The van der Waals surface area contributed by atoms with Crippen LogP contribution in [-0.2, 0) is 31.6 Å². The number of fused-ring (bicyclic) bond motifs is 1. The average molecular weight is 561 g/mol. The Bertz CT molecular complexity index is 1380. The summed E-state index contributed by atoms with van der Waals surface area (Å²) in [5.41, 5.74) is 10.2. The first-order chi connectivity index (χ1) is 16.0. The quantitative estimate of drug-likeness (QED) is 0.0854. The summed E-state index contributed by atoms with van der Waals surface area (Å²) in [7, 11) is -18.3. The van der Waals surface area contributed by atoms with E-state index in [1.54, 1.807) is 0 Å². The van der Waals surface area contributed by atoms with Crippen molar-refractivity contribution in [2.75, 3.05) is 12.3 Å². The van der Waals surface area contributed by atoms with Gasteiger partial charge >= 0.3 is 0 Å². The maximum atomic E-state index is 11.9. The Morgan fingerprint density at radius 1 is 1.31 bits per heavy atom. The first-order valence-corrected chi connectivity index (χ1v) is 13.0. The van der Waals surface area contributed by atoms with Gasteiger partial charge in [-0.05, 0) is 5.53 Å². The van der Waals surface area contributed by atoms with Gasteiger partial charge in [0.25, 0.3) is 29.0 Å². The van der Waals surface area contributed by atoms with Crippen molar-refractivity contribution in [2.24, 2.45) is 5.11 Å². The van der Waals surface area contributed by atoms with Crippen LogP contribution in [0.3, 0.4) is 0 Å². The number of hydrogen-bond acceptors (Lipinski definition) is 17. The number of aromatic nitrogens is 4. The van der Waals surface area contributed by atoms with Crippen LogP contribution in [0.15, 0.2) is 16.2 Å². The van der Waals surface area contributed by atoms with E-state index in [1.807, 2.05) is 0 Å². The first-order valence-electron chi connectivity index (χ1n) is 8.55. The van der Waals surface area contributed by atoms with Crippen molar-refractivity contribution in [3.05, 3.63) is 27.1 Å². The number of aromatic amines is 1. The summed E-state index contributed by atoms with van der Waals surface area (Å²) < 4.78 is 50.6. The van der Waals surface area contributed by atoms with Crippen molar-refractivity contribution >= 4 is 40.6 Å². The van der Waals surface area contributed by atoms with E-state index >= 15 is 0 Å². The number of nitrogens with zero attached hydrogens (tertiary/aromatic N) is 6. The lowest BCUT2D eigenvalue weighted by atomic mass is 10.1. The highest BCUT2D eigenvalue weighted by Crippen LogP contribution is 2.61. The molecule has 2 aromatic rings. The Balaban J connectivity index is 1.89. The number of hydrogen-bond donors (Lipinski definition) is 5.